The molecule has 0 spiro atoms. The van der Waals surface area contributed by atoms with Gasteiger partial charge in [-0.05, 0) is 30.7 Å². The van der Waals surface area contributed by atoms with E-state index in [2.05, 4.69) is 10.0 Å². The third kappa shape index (κ3) is 4.33. The second-order valence-corrected chi connectivity index (χ2v) is 5.29. The molecule has 0 saturated carbocycles. The van der Waals surface area contributed by atoms with Crippen molar-refractivity contribution < 1.29 is 13.2 Å². The minimum absolute atomic E-state index is 0.272. The zero-order valence-electron chi connectivity index (χ0n) is 10.1. The maximum atomic E-state index is 11.8. The summed E-state index contributed by atoms with van der Waals surface area (Å²) in [6.45, 7) is 0.922. The van der Waals surface area contributed by atoms with Crippen molar-refractivity contribution in [2.45, 2.75) is 11.3 Å². The lowest BCUT2D eigenvalue weighted by molar-refractivity contribution is 0.196. The molecule has 1 rings (SSSR count). The van der Waals surface area contributed by atoms with Crippen molar-refractivity contribution in [2.24, 2.45) is 0 Å². The molecular formula is C11H18N2O3S. The highest BCUT2D eigenvalue weighted by Gasteiger charge is 2.12. The number of anilines is 1. The van der Waals surface area contributed by atoms with Crippen LogP contribution in [0.25, 0.3) is 0 Å². The van der Waals surface area contributed by atoms with Crippen molar-refractivity contribution in [1.29, 1.82) is 0 Å². The van der Waals surface area contributed by atoms with Gasteiger partial charge in [0.1, 0.15) is 0 Å². The van der Waals surface area contributed by atoms with Crippen LogP contribution >= 0.6 is 0 Å². The van der Waals surface area contributed by atoms with Gasteiger partial charge < -0.3 is 10.1 Å². The summed E-state index contributed by atoms with van der Waals surface area (Å²) in [5.74, 6) is 0. The minimum Gasteiger partial charge on any atom is -0.388 e. The molecule has 0 aliphatic rings. The largest absolute Gasteiger partial charge is 0.388 e. The summed E-state index contributed by atoms with van der Waals surface area (Å²) in [6, 6.07) is 6.60. The Morgan fingerprint density at radius 1 is 1.24 bits per heavy atom. The Labute approximate surface area is 102 Å². The third-order valence-electron chi connectivity index (χ3n) is 2.27. The number of rotatable bonds is 7. The van der Waals surface area contributed by atoms with Gasteiger partial charge in [0, 0.05) is 33.0 Å². The molecule has 96 valence electrons. The van der Waals surface area contributed by atoms with E-state index in [-0.39, 0.29) is 4.90 Å². The molecular weight excluding hydrogens is 240 g/mol. The summed E-state index contributed by atoms with van der Waals surface area (Å²) >= 11 is 0. The topological polar surface area (TPSA) is 67.4 Å². The molecule has 0 fully saturated rings. The van der Waals surface area contributed by atoms with Gasteiger partial charge in [-0.1, -0.05) is 0 Å². The summed E-state index contributed by atoms with van der Waals surface area (Å²) in [5, 5.41) is 2.93. The molecule has 0 amide bonds. The standard InChI is InChI=1S/C11H18N2O3S/c1-12-10-4-6-11(7-5-10)17(14,15)13-8-3-9-16-2/h4-7,12-13H,3,8-9H2,1-2H3. The fourth-order valence-electron chi connectivity index (χ4n) is 1.31. The van der Waals surface area contributed by atoms with Gasteiger partial charge in [-0.2, -0.15) is 0 Å². The van der Waals surface area contributed by atoms with E-state index in [1.165, 1.54) is 0 Å². The molecule has 0 unspecified atom stereocenters. The minimum atomic E-state index is -3.40. The van der Waals surface area contributed by atoms with E-state index >= 15 is 0 Å². The molecule has 0 aliphatic carbocycles. The molecule has 1 aromatic carbocycles. The fraction of sp³-hybridized carbons (Fsp3) is 0.455. The number of hydrogen-bond donors (Lipinski definition) is 2. The lowest BCUT2D eigenvalue weighted by Gasteiger charge is -2.07. The van der Waals surface area contributed by atoms with Crippen molar-refractivity contribution in [3.05, 3.63) is 24.3 Å². The van der Waals surface area contributed by atoms with Crippen LogP contribution in [0.15, 0.2) is 29.2 Å². The van der Waals surface area contributed by atoms with Gasteiger partial charge in [0.15, 0.2) is 0 Å². The molecule has 6 heteroatoms. The molecule has 0 saturated heterocycles. The average molecular weight is 258 g/mol. The second-order valence-electron chi connectivity index (χ2n) is 3.52. The second kappa shape index (κ2) is 6.58. The average Bonchev–Trinajstić information content (AvgIpc) is 2.35. The molecule has 0 bridgehead atoms. The lowest BCUT2D eigenvalue weighted by atomic mass is 10.3. The molecule has 0 aliphatic heterocycles. The smallest absolute Gasteiger partial charge is 0.240 e. The first-order valence-corrected chi connectivity index (χ1v) is 6.85. The van der Waals surface area contributed by atoms with Crippen LogP contribution in [0.3, 0.4) is 0 Å². The molecule has 0 radical (unpaired) electrons. The van der Waals surface area contributed by atoms with Crippen molar-refractivity contribution >= 4 is 15.7 Å². The first-order chi connectivity index (χ1) is 8.10. The van der Waals surface area contributed by atoms with Crippen molar-refractivity contribution in [3.8, 4) is 0 Å². The third-order valence-corrected chi connectivity index (χ3v) is 3.75. The quantitative estimate of drug-likeness (QED) is 0.717. The number of benzene rings is 1. The number of sulfonamides is 1. The Hall–Kier alpha value is -1.11. The van der Waals surface area contributed by atoms with Gasteiger partial charge in [-0.3, -0.25) is 0 Å². The summed E-state index contributed by atoms with van der Waals surface area (Å²) in [4.78, 5) is 0.272. The molecule has 0 atom stereocenters. The number of methoxy groups -OCH3 is 1. The van der Waals surface area contributed by atoms with E-state index in [0.29, 0.717) is 19.6 Å². The Kier molecular flexibility index (Phi) is 5.40. The highest BCUT2D eigenvalue weighted by molar-refractivity contribution is 7.89. The van der Waals surface area contributed by atoms with Gasteiger partial charge in [-0.25, -0.2) is 13.1 Å². The molecule has 5 nitrogen and oxygen atoms in total. The summed E-state index contributed by atoms with van der Waals surface area (Å²) in [6.07, 6.45) is 0.657. The van der Waals surface area contributed by atoms with E-state index in [1.54, 1.807) is 38.4 Å². The first-order valence-electron chi connectivity index (χ1n) is 5.36. The van der Waals surface area contributed by atoms with Crippen LogP contribution in [0.4, 0.5) is 5.69 Å². The molecule has 17 heavy (non-hydrogen) atoms. The zero-order chi connectivity index (χ0) is 12.7. The summed E-state index contributed by atoms with van der Waals surface area (Å²) in [7, 11) is -0.0266. The SMILES string of the molecule is CNc1ccc(S(=O)(=O)NCCCOC)cc1. The Balaban J connectivity index is 2.62. The maximum absolute atomic E-state index is 11.8. The van der Waals surface area contributed by atoms with Crippen LogP contribution in [-0.4, -0.2) is 35.7 Å². The maximum Gasteiger partial charge on any atom is 0.240 e. The van der Waals surface area contributed by atoms with E-state index in [9.17, 15) is 8.42 Å². The van der Waals surface area contributed by atoms with Crippen LogP contribution in [0.2, 0.25) is 0 Å². The molecule has 1 aromatic rings. The predicted octanol–water partition coefficient (Wildman–Crippen LogP) is 1.04. The highest BCUT2D eigenvalue weighted by Crippen LogP contribution is 2.13. The number of nitrogens with one attached hydrogen (secondary N) is 2. The van der Waals surface area contributed by atoms with Gasteiger partial charge in [-0.15, -0.1) is 0 Å². The fourth-order valence-corrected chi connectivity index (χ4v) is 2.38. The van der Waals surface area contributed by atoms with E-state index in [4.69, 9.17) is 4.74 Å². The monoisotopic (exact) mass is 258 g/mol. The molecule has 0 aromatic heterocycles. The van der Waals surface area contributed by atoms with Gasteiger partial charge >= 0.3 is 0 Å². The molecule has 0 heterocycles. The Morgan fingerprint density at radius 2 is 1.88 bits per heavy atom. The highest BCUT2D eigenvalue weighted by atomic mass is 32.2. The van der Waals surface area contributed by atoms with Crippen LogP contribution < -0.4 is 10.0 Å². The Morgan fingerprint density at radius 3 is 2.41 bits per heavy atom. The van der Waals surface area contributed by atoms with Gasteiger partial charge in [0.2, 0.25) is 10.0 Å². The van der Waals surface area contributed by atoms with E-state index in [0.717, 1.165) is 5.69 Å². The Bertz CT molecular complexity index is 429. The van der Waals surface area contributed by atoms with Crippen LogP contribution in [0.1, 0.15) is 6.42 Å². The summed E-state index contributed by atoms with van der Waals surface area (Å²) in [5.41, 5.74) is 0.878. The van der Waals surface area contributed by atoms with Crippen LogP contribution in [0, 0.1) is 0 Å². The summed E-state index contributed by atoms with van der Waals surface area (Å²) < 4.78 is 31.0. The van der Waals surface area contributed by atoms with Gasteiger partial charge in [0.25, 0.3) is 0 Å². The zero-order valence-corrected chi connectivity index (χ0v) is 10.9. The van der Waals surface area contributed by atoms with Crippen LogP contribution in [-0.2, 0) is 14.8 Å². The van der Waals surface area contributed by atoms with Crippen molar-refractivity contribution in [3.63, 3.8) is 0 Å². The molecule has 2 N–H and O–H groups in total. The van der Waals surface area contributed by atoms with E-state index in [1.807, 2.05) is 0 Å². The van der Waals surface area contributed by atoms with Crippen molar-refractivity contribution in [2.75, 3.05) is 32.6 Å². The predicted molar refractivity (Wildman–Crippen MR) is 67.7 cm³/mol. The van der Waals surface area contributed by atoms with E-state index < -0.39 is 10.0 Å². The van der Waals surface area contributed by atoms with Crippen LogP contribution in [0.5, 0.6) is 0 Å². The number of hydrogen-bond acceptors (Lipinski definition) is 4. The van der Waals surface area contributed by atoms with Crippen molar-refractivity contribution in [1.82, 2.24) is 4.72 Å². The number of ether oxygens (including phenoxy) is 1. The normalized spacial score (nSPS) is 11.4. The van der Waals surface area contributed by atoms with Gasteiger partial charge in [0.05, 0.1) is 4.90 Å². The first kappa shape index (κ1) is 14.0. The lowest BCUT2D eigenvalue weighted by Crippen LogP contribution is -2.25.